The molecule has 3 rings (SSSR count). The van der Waals surface area contributed by atoms with Crippen molar-refractivity contribution >= 4 is 43.0 Å². The van der Waals surface area contributed by atoms with Gasteiger partial charge in [-0.2, -0.15) is 0 Å². The summed E-state index contributed by atoms with van der Waals surface area (Å²) >= 11 is 3.36. The van der Waals surface area contributed by atoms with E-state index in [4.69, 9.17) is 4.74 Å². The van der Waals surface area contributed by atoms with Gasteiger partial charge in [0.2, 0.25) is 0 Å². The predicted molar refractivity (Wildman–Crippen MR) is 61.6 cm³/mol. The molecule has 1 aromatic carbocycles. The number of rotatable bonds is 1. The Morgan fingerprint density at radius 2 is 2.21 bits per heavy atom. The van der Waals surface area contributed by atoms with Gasteiger partial charge in [-0.05, 0) is 22.9 Å². The molecule has 2 nitrogen and oxygen atoms in total. The molecule has 0 N–H and O–H groups in total. The molecular formula is C10H7NOS2. The van der Waals surface area contributed by atoms with E-state index < -0.39 is 0 Å². The number of ether oxygens (including phenoxy) is 1. The van der Waals surface area contributed by atoms with E-state index in [-0.39, 0.29) is 0 Å². The topological polar surface area (TPSA) is 22.1 Å². The van der Waals surface area contributed by atoms with Crippen LogP contribution in [0.2, 0.25) is 0 Å². The molecule has 0 atom stereocenters. The molecular weight excluding hydrogens is 214 g/mol. The highest BCUT2D eigenvalue weighted by molar-refractivity contribution is 7.21. The molecule has 2 heterocycles. The van der Waals surface area contributed by atoms with Crippen LogP contribution in [0, 0.1) is 0 Å². The van der Waals surface area contributed by atoms with Crippen molar-refractivity contribution in [2.24, 2.45) is 0 Å². The zero-order valence-electron chi connectivity index (χ0n) is 7.48. The van der Waals surface area contributed by atoms with Gasteiger partial charge in [-0.25, -0.2) is 4.98 Å². The number of hydrogen-bond acceptors (Lipinski definition) is 4. The summed E-state index contributed by atoms with van der Waals surface area (Å²) in [6, 6.07) is 4.17. The van der Waals surface area contributed by atoms with Crippen molar-refractivity contribution < 1.29 is 4.74 Å². The summed E-state index contributed by atoms with van der Waals surface area (Å²) in [5, 5.41) is 3.30. The first-order valence-electron chi connectivity index (χ1n) is 4.17. The van der Waals surface area contributed by atoms with Crippen LogP contribution >= 0.6 is 22.7 Å². The molecule has 3 aromatic rings. The molecule has 0 amide bonds. The van der Waals surface area contributed by atoms with Crippen molar-refractivity contribution in [3.63, 3.8) is 0 Å². The average Bonchev–Trinajstić information content (AvgIpc) is 2.83. The van der Waals surface area contributed by atoms with Gasteiger partial charge in [0, 0.05) is 0 Å². The van der Waals surface area contributed by atoms with Crippen LogP contribution in [0.3, 0.4) is 0 Å². The predicted octanol–water partition coefficient (Wildman–Crippen LogP) is 3.52. The highest BCUT2D eigenvalue weighted by Gasteiger charge is 2.09. The number of hydrogen-bond donors (Lipinski definition) is 0. The summed E-state index contributed by atoms with van der Waals surface area (Å²) in [5.41, 5.74) is 2.94. The Labute approximate surface area is 88.8 Å². The Hall–Kier alpha value is -1.13. The van der Waals surface area contributed by atoms with Crippen LogP contribution in [0.15, 0.2) is 23.0 Å². The van der Waals surface area contributed by atoms with Crippen LogP contribution in [0.25, 0.3) is 20.3 Å². The molecule has 0 fully saturated rings. The maximum Gasteiger partial charge on any atom is 0.139 e. The van der Waals surface area contributed by atoms with Gasteiger partial charge in [-0.3, -0.25) is 0 Å². The van der Waals surface area contributed by atoms with Crippen molar-refractivity contribution in [1.82, 2.24) is 4.98 Å². The summed E-state index contributed by atoms with van der Waals surface area (Å²) in [4.78, 5) is 4.38. The largest absolute Gasteiger partial charge is 0.495 e. The summed E-state index contributed by atoms with van der Waals surface area (Å²) < 4.78 is 7.73. The molecule has 0 radical (unpaired) electrons. The number of thiazole rings is 1. The van der Waals surface area contributed by atoms with Crippen molar-refractivity contribution in [1.29, 1.82) is 0 Å². The number of aromatic nitrogens is 1. The van der Waals surface area contributed by atoms with Gasteiger partial charge < -0.3 is 4.74 Å². The molecule has 0 saturated carbocycles. The third-order valence-corrected chi connectivity index (χ3v) is 3.99. The highest BCUT2D eigenvalue weighted by atomic mass is 32.1. The van der Waals surface area contributed by atoms with Crippen LogP contribution in [-0.2, 0) is 0 Å². The number of methoxy groups -OCH3 is 1. The lowest BCUT2D eigenvalue weighted by Gasteiger charge is -2.00. The fourth-order valence-electron chi connectivity index (χ4n) is 1.57. The number of thiophene rings is 1. The second-order valence-electron chi connectivity index (χ2n) is 2.95. The summed E-state index contributed by atoms with van der Waals surface area (Å²) in [7, 11) is 1.70. The lowest BCUT2D eigenvalue weighted by atomic mass is 10.2. The Kier molecular flexibility index (Phi) is 1.72. The zero-order valence-corrected chi connectivity index (χ0v) is 9.11. The monoisotopic (exact) mass is 221 g/mol. The van der Waals surface area contributed by atoms with Crippen LogP contribution < -0.4 is 4.74 Å². The van der Waals surface area contributed by atoms with E-state index >= 15 is 0 Å². The third-order valence-electron chi connectivity index (χ3n) is 2.21. The molecule has 0 aliphatic carbocycles. The molecule has 0 spiro atoms. The lowest BCUT2D eigenvalue weighted by molar-refractivity contribution is 0.421. The van der Waals surface area contributed by atoms with Crippen molar-refractivity contribution in [3.8, 4) is 5.75 Å². The summed E-state index contributed by atoms with van der Waals surface area (Å²) in [5.74, 6) is 0.924. The minimum atomic E-state index is 0.924. The number of benzene rings is 1. The first kappa shape index (κ1) is 8.20. The number of nitrogens with zero attached hydrogens (tertiary/aromatic N) is 1. The van der Waals surface area contributed by atoms with Crippen LogP contribution in [0.1, 0.15) is 0 Å². The van der Waals surface area contributed by atoms with Gasteiger partial charge in [0.1, 0.15) is 11.3 Å². The standard InChI is InChI=1S/C10H7NOS2/c1-12-7-4-6-2-3-13-9(6)8-10(7)14-5-11-8/h2-5H,1H3. The molecule has 0 aliphatic heterocycles. The van der Waals surface area contributed by atoms with E-state index in [0.717, 1.165) is 16.0 Å². The Morgan fingerprint density at radius 1 is 1.29 bits per heavy atom. The van der Waals surface area contributed by atoms with Gasteiger partial charge >= 0.3 is 0 Å². The Balaban J connectivity index is 2.59. The molecule has 0 unspecified atom stereocenters. The zero-order chi connectivity index (χ0) is 9.54. The number of fused-ring (bicyclic) bond motifs is 3. The minimum Gasteiger partial charge on any atom is -0.495 e. The fraction of sp³-hybridized carbons (Fsp3) is 0.100. The van der Waals surface area contributed by atoms with Crippen LogP contribution in [-0.4, -0.2) is 12.1 Å². The quantitative estimate of drug-likeness (QED) is 0.627. The average molecular weight is 221 g/mol. The van der Waals surface area contributed by atoms with E-state index in [0.29, 0.717) is 0 Å². The van der Waals surface area contributed by atoms with E-state index in [2.05, 4.69) is 22.5 Å². The molecule has 0 saturated heterocycles. The maximum atomic E-state index is 5.34. The molecule has 14 heavy (non-hydrogen) atoms. The molecule has 2 aromatic heterocycles. The minimum absolute atomic E-state index is 0.924. The molecule has 0 bridgehead atoms. The fourth-order valence-corrected chi connectivity index (χ4v) is 3.30. The van der Waals surface area contributed by atoms with E-state index in [9.17, 15) is 0 Å². The van der Waals surface area contributed by atoms with Gasteiger partial charge in [-0.15, -0.1) is 22.7 Å². The van der Waals surface area contributed by atoms with Gasteiger partial charge in [-0.1, -0.05) is 0 Å². The normalized spacial score (nSPS) is 11.2. The molecule has 0 aliphatic rings. The summed E-state index contributed by atoms with van der Waals surface area (Å²) in [6.45, 7) is 0. The highest BCUT2D eigenvalue weighted by Crippen LogP contribution is 2.37. The smallest absolute Gasteiger partial charge is 0.139 e. The Morgan fingerprint density at radius 3 is 3.07 bits per heavy atom. The molecule has 70 valence electrons. The second kappa shape index (κ2) is 2.93. The van der Waals surface area contributed by atoms with Crippen molar-refractivity contribution in [3.05, 3.63) is 23.0 Å². The van der Waals surface area contributed by atoms with Gasteiger partial charge in [0.25, 0.3) is 0 Å². The van der Waals surface area contributed by atoms with Crippen molar-refractivity contribution in [2.75, 3.05) is 7.11 Å². The van der Waals surface area contributed by atoms with Crippen LogP contribution in [0.4, 0.5) is 0 Å². The first-order chi connectivity index (χ1) is 6.90. The maximum absolute atomic E-state index is 5.34. The lowest BCUT2D eigenvalue weighted by Crippen LogP contribution is -1.82. The van der Waals surface area contributed by atoms with Crippen LogP contribution in [0.5, 0.6) is 5.75 Å². The van der Waals surface area contributed by atoms with Crippen molar-refractivity contribution in [2.45, 2.75) is 0 Å². The van der Waals surface area contributed by atoms with E-state index in [1.807, 2.05) is 5.51 Å². The SMILES string of the molecule is COc1cc2ccsc2c2ncsc12. The van der Waals surface area contributed by atoms with E-state index in [1.54, 1.807) is 29.8 Å². The molecule has 4 heteroatoms. The van der Waals surface area contributed by atoms with Gasteiger partial charge in [0.15, 0.2) is 0 Å². The first-order valence-corrected chi connectivity index (χ1v) is 5.93. The third kappa shape index (κ3) is 0.980. The summed E-state index contributed by atoms with van der Waals surface area (Å²) in [6.07, 6.45) is 0. The van der Waals surface area contributed by atoms with E-state index in [1.165, 1.54) is 10.1 Å². The second-order valence-corrected chi connectivity index (χ2v) is 4.72. The van der Waals surface area contributed by atoms with Gasteiger partial charge in [0.05, 0.1) is 22.0 Å². The Bertz CT molecular complexity index is 596.